The van der Waals surface area contributed by atoms with E-state index in [0.29, 0.717) is 6.42 Å². The van der Waals surface area contributed by atoms with Crippen LogP contribution in [-0.2, 0) is 9.59 Å². The van der Waals surface area contributed by atoms with Crippen LogP contribution in [0.15, 0.2) is 0 Å². The third kappa shape index (κ3) is 32.3. The van der Waals surface area contributed by atoms with E-state index >= 15 is 0 Å². The van der Waals surface area contributed by atoms with E-state index in [2.05, 4.69) is 13.8 Å². The van der Waals surface area contributed by atoms with Gasteiger partial charge in [0.1, 0.15) is 0 Å². The molecule has 0 heterocycles. The average molecular weight is 298 g/mol. The van der Waals surface area contributed by atoms with Crippen molar-refractivity contribution in [3.8, 4) is 0 Å². The Morgan fingerprint density at radius 1 is 0.842 bits per heavy atom. The number of carbonyl (C=O) groups is 2. The molecule has 0 aliphatic heterocycles. The molecule has 0 aromatic heterocycles. The fourth-order valence-electron chi connectivity index (χ4n) is 1.40. The first kappa shape index (κ1) is 24.6. The molecular formula is C14H27KO4. The number of carboxylic acid groups (broad SMARTS) is 2. The zero-order valence-corrected chi connectivity index (χ0v) is 15.9. The third-order valence-electron chi connectivity index (χ3n) is 2.48. The number of carboxylic acids is 2. The van der Waals surface area contributed by atoms with Gasteiger partial charge in [0.25, 0.3) is 0 Å². The summed E-state index contributed by atoms with van der Waals surface area (Å²) in [6.45, 7) is 4.21. The molecule has 0 bridgehead atoms. The van der Waals surface area contributed by atoms with Crippen LogP contribution >= 0.6 is 0 Å². The fourth-order valence-corrected chi connectivity index (χ4v) is 1.40. The van der Waals surface area contributed by atoms with Gasteiger partial charge >= 0.3 is 57.4 Å². The number of rotatable bonds is 10. The van der Waals surface area contributed by atoms with E-state index in [1.165, 1.54) is 6.42 Å². The van der Waals surface area contributed by atoms with Crippen LogP contribution in [0.2, 0.25) is 0 Å². The van der Waals surface area contributed by atoms with Gasteiger partial charge in [-0.05, 0) is 19.3 Å². The molecule has 19 heavy (non-hydrogen) atoms. The number of carbonyl (C=O) groups excluding carboxylic acids is 1. The second kappa shape index (κ2) is 20.9. The molecule has 0 fully saturated rings. The first-order valence-electron chi connectivity index (χ1n) is 6.96. The van der Waals surface area contributed by atoms with Crippen LogP contribution in [0.4, 0.5) is 0 Å². The average Bonchev–Trinajstić information content (AvgIpc) is 2.31. The summed E-state index contributed by atoms with van der Waals surface area (Å²) in [4.78, 5) is 19.8. The molecule has 0 amide bonds. The summed E-state index contributed by atoms with van der Waals surface area (Å²) in [5.41, 5.74) is 0. The van der Waals surface area contributed by atoms with Gasteiger partial charge in [-0.15, -0.1) is 0 Å². The van der Waals surface area contributed by atoms with Gasteiger partial charge in [0.2, 0.25) is 0 Å². The van der Waals surface area contributed by atoms with Crippen molar-refractivity contribution >= 4 is 11.9 Å². The SMILES string of the molecule is CCCCCCC(=O)O.CCCCCCC(=O)[O-].[K+]. The maximum absolute atomic E-state index is 9.96. The monoisotopic (exact) mass is 298 g/mol. The van der Waals surface area contributed by atoms with Gasteiger partial charge in [-0.3, -0.25) is 4.79 Å². The summed E-state index contributed by atoms with van der Waals surface area (Å²) >= 11 is 0. The van der Waals surface area contributed by atoms with E-state index in [-0.39, 0.29) is 57.8 Å². The summed E-state index contributed by atoms with van der Waals surface area (Å²) in [6, 6.07) is 0. The second-order valence-electron chi connectivity index (χ2n) is 4.39. The molecule has 0 saturated heterocycles. The molecule has 108 valence electrons. The maximum atomic E-state index is 9.96. The number of hydrogen-bond acceptors (Lipinski definition) is 3. The van der Waals surface area contributed by atoms with E-state index in [4.69, 9.17) is 5.11 Å². The molecule has 1 N–H and O–H groups in total. The van der Waals surface area contributed by atoms with Crippen LogP contribution in [0, 0.1) is 0 Å². The molecule has 0 rings (SSSR count). The van der Waals surface area contributed by atoms with Gasteiger partial charge in [-0.1, -0.05) is 52.4 Å². The molecule has 0 saturated carbocycles. The summed E-state index contributed by atoms with van der Waals surface area (Å²) in [5.74, 6) is -1.60. The van der Waals surface area contributed by atoms with E-state index in [1.54, 1.807) is 0 Å². The Balaban J connectivity index is -0.000000256. The Morgan fingerprint density at radius 3 is 1.58 bits per heavy atom. The van der Waals surface area contributed by atoms with Crippen LogP contribution < -0.4 is 56.5 Å². The molecule has 4 nitrogen and oxygen atoms in total. The maximum Gasteiger partial charge on any atom is 1.00 e. The second-order valence-corrected chi connectivity index (χ2v) is 4.39. The number of unbranched alkanes of at least 4 members (excludes halogenated alkanes) is 6. The Bertz CT molecular complexity index is 186. The van der Waals surface area contributed by atoms with Crippen molar-refractivity contribution in [3.63, 3.8) is 0 Å². The van der Waals surface area contributed by atoms with Gasteiger partial charge in [0.05, 0.1) is 0 Å². The minimum Gasteiger partial charge on any atom is -0.550 e. The molecule has 0 aliphatic rings. The largest absolute Gasteiger partial charge is 1.00 e. The Kier molecular flexibility index (Phi) is 27.0. The van der Waals surface area contributed by atoms with Gasteiger partial charge in [-0.2, -0.15) is 0 Å². The zero-order chi connectivity index (χ0) is 14.2. The van der Waals surface area contributed by atoms with E-state index in [1.807, 2.05) is 0 Å². The first-order chi connectivity index (χ1) is 8.54. The van der Waals surface area contributed by atoms with Gasteiger partial charge in [0, 0.05) is 12.4 Å². The third-order valence-corrected chi connectivity index (χ3v) is 2.48. The van der Waals surface area contributed by atoms with Crippen LogP contribution in [0.5, 0.6) is 0 Å². The van der Waals surface area contributed by atoms with Gasteiger partial charge in [0.15, 0.2) is 0 Å². The Hall–Kier alpha value is 0.576. The summed E-state index contributed by atoms with van der Waals surface area (Å²) in [6.07, 6.45) is 8.85. The summed E-state index contributed by atoms with van der Waals surface area (Å²) < 4.78 is 0. The molecule has 0 spiro atoms. The molecular weight excluding hydrogens is 271 g/mol. The zero-order valence-electron chi connectivity index (χ0n) is 12.7. The van der Waals surface area contributed by atoms with E-state index in [0.717, 1.165) is 44.9 Å². The first-order valence-corrected chi connectivity index (χ1v) is 6.96. The van der Waals surface area contributed by atoms with Crippen molar-refractivity contribution in [2.45, 2.75) is 78.1 Å². The normalized spacial score (nSPS) is 8.95. The molecule has 0 aromatic rings. The van der Waals surface area contributed by atoms with Crippen LogP contribution in [0.25, 0.3) is 0 Å². The topological polar surface area (TPSA) is 77.4 Å². The van der Waals surface area contributed by atoms with E-state index in [9.17, 15) is 14.7 Å². The van der Waals surface area contributed by atoms with Crippen molar-refractivity contribution in [2.24, 2.45) is 0 Å². The summed E-state index contributed by atoms with van der Waals surface area (Å²) in [7, 11) is 0. The molecule has 0 unspecified atom stereocenters. The minimum absolute atomic E-state index is 0. The molecule has 0 aliphatic carbocycles. The van der Waals surface area contributed by atoms with Crippen LogP contribution in [0.3, 0.4) is 0 Å². The standard InChI is InChI=1S/2C7H14O2.K/c2*1-2-3-4-5-6-7(8)9;/h2*2-6H2,1H3,(H,8,9);/q;;+1/p-1. The van der Waals surface area contributed by atoms with Crippen molar-refractivity contribution in [3.05, 3.63) is 0 Å². The molecule has 0 atom stereocenters. The Morgan fingerprint density at radius 2 is 1.26 bits per heavy atom. The van der Waals surface area contributed by atoms with Gasteiger partial charge in [-0.25, -0.2) is 0 Å². The van der Waals surface area contributed by atoms with Gasteiger partial charge < -0.3 is 15.0 Å². The minimum atomic E-state index is -0.925. The van der Waals surface area contributed by atoms with Crippen molar-refractivity contribution in [1.82, 2.24) is 0 Å². The van der Waals surface area contributed by atoms with Crippen molar-refractivity contribution < 1.29 is 71.2 Å². The van der Waals surface area contributed by atoms with Crippen molar-refractivity contribution in [2.75, 3.05) is 0 Å². The smallest absolute Gasteiger partial charge is 0.550 e. The van der Waals surface area contributed by atoms with Crippen LogP contribution in [-0.4, -0.2) is 17.0 Å². The van der Waals surface area contributed by atoms with Crippen molar-refractivity contribution in [1.29, 1.82) is 0 Å². The van der Waals surface area contributed by atoms with Crippen LogP contribution in [0.1, 0.15) is 78.1 Å². The summed E-state index contributed by atoms with van der Waals surface area (Å²) in [5, 5.41) is 18.1. The fraction of sp³-hybridized carbons (Fsp3) is 0.857. The molecule has 0 radical (unpaired) electrons. The Labute approximate surface area is 159 Å². The predicted molar refractivity (Wildman–Crippen MR) is 70.2 cm³/mol. The molecule has 0 aromatic carbocycles. The number of aliphatic carboxylic acids is 2. The van der Waals surface area contributed by atoms with E-state index < -0.39 is 11.9 Å². The quantitative estimate of drug-likeness (QED) is 0.446. The predicted octanol–water partition coefficient (Wildman–Crippen LogP) is -0.248. The number of hydrogen-bond donors (Lipinski definition) is 1. The molecule has 5 heteroatoms.